The minimum Gasteiger partial charge on any atom is -0.423 e. The van der Waals surface area contributed by atoms with Crippen LogP contribution in [0.4, 0.5) is 5.95 Å². The highest BCUT2D eigenvalue weighted by molar-refractivity contribution is 5.91. The van der Waals surface area contributed by atoms with E-state index in [-0.39, 0.29) is 17.2 Å². The van der Waals surface area contributed by atoms with E-state index in [1.807, 2.05) is 18.2 Å². The summed E-state index contributed by atoms with van der Waals surface area (Å²) in [4.78, 5) is 31.2. The Bertz CT molecular complexity index is 1390. The van der Waals surface area contributed by atoms with Crippen molar-refractivity contribution in [3.05, 3.63) is 112 Å². The van der Waals surface area contributed by atoms with Gasteiger partial charge < -0.3 is 4.74 Å². The van der Waals surface area contributed by atoms with Gasteiger partial charge >= 0.3 is 5.97 Å². The van der Waals surface area contributed by atoms with Gasteiger partial charge in [0, 0.05) is 5.56 Å². The predicted octanol–water partition coefficient (Wildman–Crippen LogP) is 3.97. The van der Waals surface area contributed by atoms with Gasteiger partial charge in [0.2, 0.25) is 5.95 Å². The van der Waals surface area contributed by atoms with E-state index in [4.69, 9.17) is 4.74 Å². The van der Waals surface area contributed by atoms with E-state index < -0.39 is 11.5 Å². The van der Waals surface area contributed by atoms with Crippen molar-refractivity contribution >= 4 is 18.1 Å². The Balaban J connectivity index is 1.45. The quantitative estimate of drug-likeness (QED) is 0.205. The highest BCUT2D eigenvalue weighted by Gasteiger charge is 2.13. The lowest BCUT2D eigenvalue weighted by Gasteiger charge is -2.06. The highest BCUT2D eigenvalue weighted by Crippen LogP contribution is 2.19. The minimum absolute atomic E-state index is 0.0728. The number of hydrazone groups is 1. The average molecular weight is 435 g/mol. The van der Waals surface area contributed by atoms with Crippen molar-refractivity contribution in [2.24, 2.45) is 5.10 Å². The summed E-state index contributed by atoms with van der Waals surface area (Å²) in [7, 11) is 0. The van der Waals surface area contributed by atoms with Crippen LogP contribution in [-0.2, 0) is 0 Å². The van der Waals surface area contributed by atoms with E-state index >= 15 is 0 Å². The third-order valence-corrected chi connectivity index (χ3v) is 4.56. The van der Waals surface area contributed by atoms with Crippen molar-refractivity contribution in [1.82, 2.24) is 9.97 Å². The van der Waals surface area contributed by atoms with Crippen LogP contribution >= 0.6 is 0 Å². The Morgan fingerprint density at radius 3 is 2.33 bits per heavy atom. The molecule has 4 aromatic rings. The molecule has 0 unspecified atom stereocenters. The summed E-state index contributed by atoms with van der Waals surface area (Å²) in [6, 6.07) is 26.3. The van der Waals surface area contributed by atoms with Crippen molar-refractivity contribution in [3.63, 3.8) is 0 Å². The minimum atomic E-state index is -0.561. The third kappa shape index (κ3) is 5.18. The van der Waals surface area contributed by atoms with Gasteiger partial charge in [0.25, 0.3) is 5.56 Å². The molecule has 0 fully saturated rings. The number of ether oxygens (including phenoxy) is 1. The van der Waals surface area contributed by atoms with Gasteiger partial charge in [0.15, 0.2) is 0 Å². The van der Waals surface area contributed by atoms with E-state index in [1.54, 1.807) is 72.8 Å². The fraction of sp³-hybridized carbons (Fsp3) is 0. The van der Waals surface area contributed by atoms with E-state index in [0.29, 0.717) is 16.9 Å². The number of aromatic amines is 1. The molecule has 0 aliphatic heterocycles. The number of H-pyrrole nitrogens is 1. The van der Waals surface area contributed by atoms with Crippen molar-refractivity contribution in [2.75, 3.05) is 5.43 Å². The van der Waals surface area contributed by atoms with Gasteiger partial charge in [-0.3, -0.25) is 9.78 Å². The van der Waals surface area contributed by atoms with Gasteiger partial charge in [-0.05, 0) is 42.0 Å². The Kier molecular flexibility index (Phi) is 6.33. The third-order valence-electron chi connectivity index (χ3n) is 4.56. The molecule has 3 aromatic carbocycles. The summed E-state index contributed by atoms with van der Waals surface area (Å²) in [5.74, 6) is 0.0609. The van der Waals surface area contributed by atoms with Gasteiger partial charge in [-0.15, -0.1) is 0 Å². The zero-order valence-corrected chi connectivity index (χ0v) is 17.2. The molecule has 8 nitrogen and oxygen atoms in total. The number of anilines is 1. The van der Waals surface area contributed by atoms with Gasteiger partial charge in [-0.2, -0.15) is 10.4 Å². The molecular formula is C25H17N5O3. The SMILES string of the molecule is N#Cc1c(-c2ccccc2)nc(NN=Cc2ccc(OC(=O)c3ccccc3)cc2)[nH]c1=O. The maximum atomic E-state index is 12.3. The molecule has 0 bridgehead atoms. The average Bonchev–Trinajstić information content (AvgIpc) is 2.86. The van der Waals surface area contributed by atoms with Gasteiger partial charge in [-0.1, -0.05) is 48.5 Å². The molecule has 1 heterocycles. The number of nitrogens with zero attached hydrogens (tertiary/aromatic N) is 3. The first-order chi connectivity index (χ1) is 16.1. The van der Waals surface area contributed by atoms with Crippen molar-refractivity contribution in [3.8, 4) is 23.1 Å². The summed E-state index contributed by atoms with van der Waals surface area (Å²) >= 11 is 0. The molecule has 0 amide bonds. The lowest BCUT2D eigenvalue weighted by molar-refractivity contribution is 0.0735. The zero-order chi connectivity index (χ0) is 23.0. The molecule has 0 atom stereocenters. The molecule has 0 saturated carbocycles. The van der Waals surface area contributed by atoms with Crippen molar-refractivity contribution < 1.29 is 9.53 Å². The summed E-state index contributed by atoms with van der Waals surface area (Å²) in [5, 5.41) is 13.4. The first-order valence-corrected chi connectivity index (χ1v) is 9.90. The Hall–Kier alpha value is -5.03. The summed E-state index contributed by atoms with van der Waals surface area (Å²) in [5.41, 5.74) is 4.14. The number of esters is 1. The molecule has 0 radical (unpaired) electrons. The lowest BCUT2D eigenvalue weighted by atomic mass is 10.1. The largest absolute Gasteiger partial charge is 0.423 e. The number of aromatic nitrogens is 2. The molecule has 0 spiro atoms. The molecule has 0 saturated heterocycles. The Labute approximate surface area is 188 Å². The molecule has 0 aliphatic carbocycles. The Morgan fingerprint density at radius 1 is 1.00 bits per heavy atom. The fourth-order valence-electron chi connectivity index (χ4n) is 2.96. The van der Waals surface area contributed by atoms with Crippen LogP contribution in [0, 0.1) is 11.3 Å². The van der Waals surface area contributed by atoms with Crippen LogP contribution < -0.4 is 15.7 Å². The first-order valence-electron chi connectivity index (χ1n) is 9.90. The second kappa shape index (κ2) is 9.85. The van der Waals surface area contributed by atoms with Crippen LogP contribution in [-0.4, -0.2) is 22.2 Å². The monoisotopic (exact) mass is 435 g/mol. The number of nitrogens with one attached hydrogen (secondary N) is 2. The van der Waals surface area contributed by atoms with E-state index in [9.17, 15) is 14.9 Å². The maximum absolute atomic E-state index is 12.3. The van der Waals surface area contributed by atoms with Gasteiger partial charge in [0.1, 0.15) is 17.4 Å². The van der Waals surface area contributed by atoms with Gasteiger partial charge in [-0.25, -0.2) is 15.2 Å². The van der Waals surface area contributed by atoms with E-state index in [2.05, 4.69) is 20.5 Å². The summed E-state index contributed by atoms with van der Waals surface area (Å²) < 4.78 is 5.34. The number of rotatable bonds is 6. The van der Waals surface area contributed by atoms with Crippen LogP contribution in [0.25, 0.3) is 11.3 Å². The van der Waals surface area contributed by atoms with Crippen LogP contribution in [0.2, 0.25) is 0 Å². The molecule has 4 rings (SSSR count). The Morgan fingerprint density at radius 2 is 1.67 bits per heavy atom. The normalized spacial score (nSPS) is 10.5. The van der Waals surface area contributed by atoms with Crippen LogP contribution in [0.3, 0.4) is 0 Å². The zero-order valence-electron chi connectivity index (χ0n) is 17.2. The molecular weight excluding hydrogens is 418 g/mol. The molecule has 8 heteroatoms. The molecule has 0 aliphatic rings. The summed E-state index contributed by atoms with van der Waals surface area (Å²) in [6.07, 6.45) is 1.52. The fourth-order valence-corrected chi connectivity index (χ4v) is 2.96. The number of benzene rings is 3. The van der Waals surface area contributed by atoms with E-state index in [0.717, 1.165) is 5.56 Å². The standard InChI is InChI=1S/C25H17N5O3/c26-15-21-22(18-7-3-1-4-8-18)28-25(29-23(21)31)30-27-16-17-11-13-20(14-12-17)33-24(32)19-9-5-2-6-10-19/h1-14,16H,(H2,28,29,30,31). The highest BCUT2D eigenvalue weighted by atomic mass is 16.5. The number of carbonyl (C=O) groups is 1. The topological polar surface area (TPSA) is 120 Å². The van der Waals surface area contributed by atoms with Crippen molar-refractivity contribution in [2.45, 2.75) is 0 Å². The van der Waals surface area contributed by atoms with Crippen LogP contribution in [0.15, 0.2) is 94.8 Å². The second-order valence-corrected chi connectivity index (χ2v) is 6.81. The van der Waals surface area contributed by atoms with Crippen LogP contribution in [0.5, 0.6) is 5.75 Å². The maximum Gasteiger partial charge on any atom is 0.343 e. The lowest BCUT2D eigenvalue weighted by Crippen LogP contribution is -2.16. The second-order valence-electron chi connectivity index (χ2n) is 6.81. The molecule has 1 aromatic heterocycles. The van der Waals surface area contributed by atoms with Gasteiger partial charge in [0.05, 0.1) is 17.5 Å². The summed E-state index contributed by atoms with van der Waals surface area (Å²) in [6.45, 7) is 0. The predicted molar refractivity (Wildman–Crippen MR) is 124 cm³/mol. The smallest absolute Gasteiger partial charge is 0.343 e. The molecule has 2 N–H and O–H groups in total. The number of hydrogen-bond donors (Lipinski definition) is 2. The van der Waals surface area contributed by atoms with Crippen LogP contribution in [0.1, 0.15) is 21.5 Å². The number of carbonyl (C=O) groups excluding carboxylic acids is 1. The molecule has 33 heavy (non-hydrogen) atoms. The van der Waals surface area contributed by atoms with Crippen molar-refractivity contribution in [1.29, 1.82) is 5.26 Å². The van der Waals surface area contributed by atoms with E-state index in [1.165, 1.54) is 6.21 Å². The number of nitriles is 1. The molecule has 160 valence electrons. The number of hydrogen-bond acceptors (Lipinski definition) is 7. The first kappa shape index (κ1) is 21.2.